The number of benzene rings is 3. The van der Waals surface area contributed by atoms with E-state index in [1.54, 1.807) is 13.3 Å². The zero-order valence-electron chi connectivity index (χ0n) is 18.3. The molecule has 0 aliphatic rings. The molecule has 1 atom stereocenters. The molecule has 0 saturated heterocycles. The van der Waals surface area contributed by atoms with Crippen LogP contribution in [0.25, 0.3) is 10.8 Å². The number of nitrogens with zero attached hydrogens (tertiary/aromatic N) is 2. The SMILES string of the molecule is COc1cccc(C(NC(=O)CCCOc2cccc3ccccc23)c2nccn2C)c1. The Morgan fingerprint density at radius 1 is 1.09 bits per heavy atom. The molecule has 1 unspecified atom stereocenters. The average Bonchev–Trinajstić information content (AvgIpc) is 3.25. The normalized spacial score (nSPS) is 11.8. The second kappa shape index (κ2) is 10.0. The van der Waals surface area contributed by atoms with Crippen molar-refractivity contribution in [2.24, 2.45) is 7.05 Å². The third kappa shape index (κ3) is 4.91. The number of hydrogen-bond donors (Lipinski definition) is 1. The first-order valence-electron chi connectivity index (χ1n) is 10.7. The number of fused-ring (bicyclic) bond motifs is 1. The Balaban J connectivity index is 1.39. The molecular weight excluding hydrogens is 402 g/mol. The number of carbonyl (C=O) groups is 1. The van der Waals surface area contributed by atoms with Crippen LogP contribution in [0.3, 0.4) is 0 Å². The minimum Gasteiger partial charge on any atom is -0.497 e. The topological polar surface area (TPSA) is 65.4 Å². The van der Waals surface area contributed by atoms with Crippen molar-refractivity contribution in [2.75, 3.05) is 13.7 Å². The van der Waals surface area contributed by atoms with Crippen LogP contribution in [0.5, 0.6) is 11.5 Å². The van der Waals surface area contributed by atoms with E-state index in [4.69, 9.17) is 9.47 Å². The Morgan fingerprint density at radius 2 is 1.91 bits per heavy atom. The molecule has 1 aromatic heterocycles. The molecule has 1 heterocycles. The average molecular weight is 430 g/mol. The summed E-state index contributed by atoms with van der Waals surface area (Å²) in [5, 5.41) is 5.34. The van der Waals surface area contributed by atoms with Crippen molar-refractivity contribution < 1.29 is 14.3 Å². The zero-order valence-corrected chi connectivity index (χ0v) is 18.3. The van der Waals surface area contributed by atoms with Crippen molar-refractivity contribution in [1.29, 1.82) is 0 Å². The summed E-state index contributed by atoms with van der Waals surface area (Å²) in [5.41, 5.74) is 0.916. The molecule has 0 aliphatic heterocycles. The van der Waals surface area contributed by atoms with E-state index in [2.05, 4.69) is 22.4 Å². The van der Waals surface area contributed by atoms with Gasteiger partial charge in [0.05, 0.1) is 13.7 Å². The lowest BCUT2D eigenvalue weighted by molar-refractivity contribution is -0.121. The van der Waals surface area contributed by atoms with Gasteiger partial charge in [0.15, 0.2) is 0 Å². The highest BCUT2D eigenvalue weighted by molar-refractivity contribution is 5.88. The Morgan fingerprint density at radius 3 is 2.72 bits per heavy atom. The highest BCUT2D eigenvalue weighted by atomic mass is 16.5. The van der Waals surface area contributed by atoms with Crippen LogP contribution < -0.4 is 14.8 Å². The molecule has 3 aromatic carbocycles. The van der Waals surface area contributed by atoms with Gasteiger partial charge in [-0.2, -0.15) is 0 Å². The number of nitrogens with one attached hydrogen (secondary N) is 1. The first-order chi connectivity index (χ1) is 15.7. The third-order valence-electron chi connectivity index (χ3n) is 5.40. The third-order valence-corrected chi connectivity index (χ3v) is 5.40. The number of imidazole rings is 1. The molecule has 6 heteroatoms. The van der Waals surface area contributed by atoms with Crippen LogP contribution in [0.15, 0.2) is 79.1 Å². The van der Waals surface area contributed by atoms with Crippen molar-refractivity contribution >= 4 is 16.7 Å². The van der Waals surface area contributed by atoms with Gasteiger partial charge in [0, 0.05) is 31.2 Å². The number of carbonyl (C=O) groups excluding carboxylic acids is 1. The Kier molecular flexibility index (Phi) is 6.70. The fourth-order valence-electron chi connectivity index (χ4n) is 3.74. The standard InChI is InChI=1S/C26H27N3O3/c1-29-16-15-27-26(29)25(20-10-5-11-21(18-20)31-2)28-24(30)14-7-17-32-23-13-6-9-19-8-3-4-12-22(19)23/h3-6,8-13,15-16,18,25H,7,14,17H2,1-2H3,(H,28,30). The highest BCUT2D eigenvalue weighted by Crippen LogP contribution is 2.26. The fraction of sp³-hybridized carbons (Fsp3) is 0.231. The van der Waals surface area contributed by atoms with Gasteiger partial charge < -0.3 is 19.4 Å². The highest BCUT2D eigenvalue weighted by Gasteiger charge is 2.21. The van der Waals surface area contributed by atoms with Gasteiger partial charge in [0.25, 0.3) is 0 Å². The molecule has 164 valence electrons. The first-order valence-corrected chi connectivity index (χ1v) is 10.7. The summed E-state index contributed by atoms with van der Waals surface area (Å²) in [5.74, 6) is 2.28. The predicted molar refractivity (Wildman–Crippen MR) is 125 cm³/mol. The lowest BCUT2D eigenvalue weighted by Crippen LogP contribution is -2.31. The molecule has 0 radical (unpaired) electrons. The van der Waals surface area contributed by atoms with Crippen LogP contribution in [0.4, 0.5) is 0 Å². The maximum Gasteiger partial charge on any atom is 0.220 e. The molecule has 32 heavy (non-hydrogen) atoms. The molecule has 0 bridgehead atoms. The summed E-state index contributed by atoms with van der Waals surface area (Å²) in [6.45, 7) is 0.466. The van der Waals surface area contributed by atoms with Crippen molar-refractivity contribution in [3.63, 3.8) is 0 Å². The number of ether oxygens (including phenoxy) is 2. The summed E-state index contributed by atoms with van der Waals surface area (Å²) in [4.78, 5) is 17.2. The summed E-state index contributed by atoms with van der Waals surface area (Å²) >= 11 is 0. The van der Waals surface area contributed by atoms with Crippen molar-refractivity contribution in [3.8, 4) is 11.5 Å². The van der Waals surface area contributed by atoms with Crippen molar-refractivity contribution in [1.82, 2.24) is 14.9 Å². The number of aromatic nitrogens is 2. The van der Waals surface area contributed by atoms with Crippen molar-refractivity contribution in [3.05, 3.63) is 90.5 Å². The summed E-state index contributed by atoms with van der Waals surface area (Å²) in [6.07, 6.45) is 4.56. The van der Waals surface area contributed by atoms with Gasteiger partial charge in [0.1, 0.15) is 23.4 Å². The molecule has 6 nitrogen and oxygen atoms in total. The molecule has 0 saturated carbocycles. The van der Waals surface area contributed by atoms with Crippen LogP contribution in [-0.2, 0) is 11.8 Å². The molecule has 1 N–H and O–H groups in total. The minimum atomic E-state index is -0.364. The Bertz CT molecular complexity index is 1200. The van der Waals surface area contributed by atoms with Gasteiger partial charge in [-0.1, -0.05) is 48.5 Å². The molecular formula is C26H27N3O3. The van der Waals surface area contributed by atoms with Gasteiger partial charge >= 0.3 is 0 Å². The van der Waals surface area contributed by atoms with E-state index in [1.807, 2.05) is 72.4 Å². The monoisotopic (exact) mass is 429 g/mol. The summed E-state index contributed by atoms with van der Waals surface area (Å²) in [6, 6.07) is 21.4. The van der Waals surface area contributed by atoms with E-state index in [0.717, 1.165) is 33.7 Å². The van der Waals surface area contributed by atoms with E-state index in [0.29, 0.717) is 19.4 Å². The molecule has 4 rings (SSSR count). The molecule has 0 aliphatic carbocycles. The summed E-state index contributed by atoms with van der Waals surface area (Å²) in [7, 11) is 3.54. The lowest BCUT2D eigenvalue weighted by Gasteiger charge is -2.20. The van der Waals surface area contributed by atoms with E-state index in [-0.39, 0.29) is 11.9 Å². The van der Waals surface area contributed by atoms with Crippen LogP contribution in [0.2, 0.25) is 0 Å². The summed E-state index contributed by atoms with van der Waals surface area (Å²) < 4.78 is 13.2. The van der Waals surface area contributed by atoms with Crippen molar-refractivity contribution in [2.45, 2.75) is 18.9 Å². The van der Waals surface area contributed by atoms with E-state index >= 15 is 0 Å². The molecule has 1 amide bonds. The fourth-order valence-corrected chi connectivity index (χ4v) is 3.74. The van der Waals surface area contributed by atoms with Crippen LogP contribution >= 0.6 is 0 Å². The lowest BCUT2D eigenvalue weighted by atomic mass is 10.1. The van der Waals surface area contributed by atoms with E-state index in [9.17, 15) is 4.79 Å². The number of amides is 1. The van der Waals surface area contributed by atoms with Gasteiger partial charge in [-0.25, -0.2) is 4.98 Å². The number of aryl methyl sites for hydroxylation is 1. The molecule has 0 fully saturated rings. The predicted octanol–water partition coefficient (Wildman–Crippen LogP) is 4.65. The smallest absolute Gasteiger partial charge is 0.220 e. The van der Waals surface area contributed by atoms with Gasteiger partial charge in [-0.05, 0) is 35.6 Å². The number of methoxy groups -OCH3 is 1. The minimum absolute atomic E-state index is 0.0534. The number of hydrogen-bond acceptors (Lipinski definition) is 4. The molecule has 4 aromatic rings. The second-order valence-electron chi connectivity index (χ2n) is 7.60. The quantitative estimate of drug-likeness (QED) is 0.394. The van der Waals surface area contributed by atoms with Crippen LogP contribution in [0, 0.1) is 0 Å². The number of rotatable bonds is 9. The maximum atomic E-state index is 12.8. The maximum absolute atomic E-state index is 12.8. The van der Waals surface area contributed by atoms with Gasteiger partial charge in [0.2, 0.25) is 5.91 Å². The van der Waals surface area contributed by atoms with E-state index < -0.39 is 0 Å². The second-order valence-corrected chi connectivity index (χ2v) is 7.60. The van der Waals surface area contributed by atoms with E-state index in [1.165, 1.54) is 0 Å². The Labute approximate surface area is 187 Å². The van der Waals surface area contributed by atoms with Crippen LogP contribution in [-0.4, -0.2) is 29.2 Å². The zero-order chi connectivity index (χ0) is 22.3. The first kappa shape index (κ1) is 21.4. The van der Waals surface area contributed by atoms with Crippen LogP contribution in [0.1, 0.15) is 30.3 Å². The largest absolute Gasteiger partial charge is 0.497 e. The van der Waals surface area contributed by atoms with Gasteiger partial charge in [-0.3, -0.25) is 4.79 Å². The molecule has 0 spiro atoms. The Hall–Kier alpha value is -3.80. The van der Waals surface area contributed by atoms with Gasteiger partial charge in [-0.15, -0.1) is 0 Å².